The average molecular weight is 439 g/mol. The van der Waals surface area contributed by atoms with E-state index in [0.29, 0.717) is 23.9 Å². The van der Waals surface area contributed by atoms with Gasteiger partial charge in [-0.05, 0) is 50.1 Å². The van der Waals surface area contributed by atoms with Crippen molar-refractivity contribution in [1.29, 1.82) is 0 Å². The van der Waals surface area contributed by atoms with E-state index in [4.69, 9.17) is 4.74 Å². The molecule has 1 heterocycles. The summed E-state index contributed by atoms with van der Waals surface area (Å²) in [6.07, 6.45) is 2.67. The molecule has 0 aliphatic heterocycles. The van der Waals surface area contributed by atoms with E-state index in [1.165, 1.54) is 11.8 Å². The highest BCUT2D eigenvalue weighted by Crippen LogP contribution is 2.25. The topological polar surface area (TPSA) is 69.0 Å². The zero-order valence-corrected chi connectivity index (χ0v) is 19.2. The van der Waals surface area contributed by atoms with Gasteiger partial charge in [-0.3, -0.25) is 9.36 Å². The Morgan fingerprint density at radius 1 is 1.10 bits per heavy atom. The highest BCUT2D eigenvalue weighted by atomic mass is 32.2. The first-order valence-corrected chi connectivity index (χ1v) is 11.7. The molecule has 3 rings (SSSR count). The SMILES string of the molecule is CCCC(C)NC(=O)CSc1nnc(Cc2ccccc2)n1-c1ccc(OCC)cc1. The van der Waals surface area contributed by atoms with Crippen LogP contribution in [0.5, 0.6) is 5.75 Å². The van der Waals surface area contributed by atoms with Gasteiger partial charge in [-0.1, -0.05) is 55.4 Å². The zero-order chi connectivity index (χ0) is 22.1. The first-order chi connectivity index (χ1) is 15.1. The van der Waals surface area contributed by atoms with Gasteiger partial charge in [0, 0.05) is 18.2 Å². The van der Waals surface area contributed by atoms with Crippen LogP contribution in [0.25, 0.3) is 5.69 Å². The van der Waals surface area contributed by atoms with Gasteiger partial charge < -0.3 is 10.1 Å². The highest BCUT2D eigenvalue weighted by molar-refractivity contribution is 7.99. The van der Waals surface area contributed by atoms with Crippen LogP contribution in [0.3, 0.4) is 0 Å². The summed E-state index contributed by atoms with van der Waals surface area (Å²) in [5, 5.41) is 12.6. The summed E-state index contributed by atoms with van der Waals surface area (Å²) in [5.41, 5.74) is 2.10. The fraction of sp³-hybridized carbons (Fsp3) is 0.375. The molecule has 2 aromatic carbocycles. The third kappa shape index (κ3) is 6.59. The summed E-state index contributed by atoms with van der Waals surface area (Å²) in [6, 6.07) is 18.2. The quantitative estimate of drug-likeness (QED) is 0.441. The smallest absolute Gasteiger partial charge is 0.230 e. The summed E-state index contributed by atoms with van der Waals surface area (Å²) in [6.45, 7) is 6.74. The van der Waals surface area contributed by atoms with Crippen molar-refractivity contribution in [1.82, 2.24) is 20.1 Å². The number of nitrogens with zero attached hydrogens (tertiary/aromatic N) is 3. The van der Waals surface area contributed by atoms with Gasteiger partial charge in [0.25, 0.3) is 0 Å². The molecule has 0 saturated carbocycles. The van der Waals surface area contributed by atoms with Crippen LogP contribution >= 0.6 is 11.8 Å². The maximum absolute atomic E-state index is 12.4. The number of rotatable bonds is 11. The Balaban J connectivity index is 1.82. The molecule has 1 unspecified atom stereocenters. The Morgan fingerprint density at radius 2 is 1.84 bits per heavy atom. The van der Waals surface area contributed by atoms with Crippen molar-refractivity contribution < 1.29 is 9.53 Å². The van der Waals surface area contributed by atoms with Gasteiger partial charge in [-0.25, -0.2) is 0 Å². The molecule has 0 saturated heterocycles. The fourth-order valence-electron chi connectivity index (χ4n) is 3.36. The van der Waals surface area contributed by atoms with Gasteiger partial charge in [0.2, 0.25) is 5.91 Å². The van der Waals surface area contributed by atoms with Crippen molar-refractivity contribution in [3.63, 3.8) is 0 Å². The molecule has 0 spiro atoms. The molecule has 0 bridgehead atoms. The largest absolute Gasteiger partial charge is 0.494 e. The van der Waals surface area contributed by atoms with Crippen LogP contribution in [0.15, 0.2) is 59.8 Å². The number of hydrogen-bond donors (Lipinski definition) is 1. The van der Waals surface area contributed by atoms with E-state index in [1.54, 1.807) is 0 Å². The first-order valence-electron chi connectivity index (χ1n) is 10.7. The van der Waals surface area contributed by atoms with Crippen molar-refractivity contribution in [3.8, 4) is 11.4 Å². The van der Waals surface area contributed by atoms with Crippen LogP contribution < -0.4 is 10.1 Å². The monoisotopic (exact) mass is 438 g/mol. The minimum atomic E-state index is 0.0109. The molecule has 1 atom stereocenters. The third-order valence-corrected chi connectivity index (χ3v) is 5.70. The van der Waals surface area contributed by atoms with Crippen molar-refractivity contribution >= 4 is 17.7 Å². The molecule has 1 aromatic heterocycles. The molecular formula is C24H30N4O2S. The maximum Gasteiger partial charge on any atom is 0.230 e. The average Bonchev–Trinajstić information content (AvgIpc) is 3.16. The van der Waals surface area contributed by atoms with Gasteiger partial charge in [-0.2, -0.15) is 0 Å². The van der Waals surface area contributed by atoms with Crippen LogP contribution in [0.4, 0.5) is 0 Å². The van der Waals surface area contributed by atoms with Gasteiger partial charge >= 0.3 is 0 Å². The second-order valence-corrected chi connectivity index (χ2v) is 8.31. The Hall–Kier alpha value is -2.80. The third-order valence-electron chi connectivity index (χ3n) is 4.77. The summed E-state index contributed by atoms with van der Waals surface area (Å²) in [4.78, 5) is 12.4. The Morgan fingerprint density at radius 3 is 2.52 bits per heavy atom. The Kier molecular flexibility index (Phi) is 8.53. The number of nitrogens with one attached hydrogen (secondary N) is 1. The van der Waals surface area contributed by atoms with Crippen molar-refractivity contribution in [2.45, 2.75) is 51.2 Å². The number of benzene rings is 2. The van der Waals surface area contributed by atoms with Crippen LogP contribution in [0, 0.1) is 0 Å². The lowest BCUT2D eigenvalue weighted by Gasteiger charge is -2.13. The molecule has 7 heteroatoms. The second kappa shape index (κ2) is 11.6. The highest BCUT2D eigenvalue weighted by Gasteiger charge is 2.17. The molecule has 31 heavy (non-hydrogen) atoms. The predicted molar refractivity (Wildman–Crippen MR) is 125 cm³/mol. The Bertz CT molecular complexity index is 957. The summed E-state index contributed by atoms with van der Waals surface area (Å²) in [7, 11) is 0. The van der Waals surface area contributed by atoms with Crippen LogP contribution in [0.2, 0.25) is 0 Å². The maximum atomic E-state index is 12.4. The lowest BCUT2D eigenvalue weighted by Crippen LogP contribution is -2.33. The lowest BCUT2D eigenvalue weighted by molar-refractivity contribution is -0.119. The van der Waals surface area contributed by atoms with Gasteiger partial charge in [0.05, 0.1) is 12.4 Å². The molecule has 0 aliphatic rings. The van der Waals surface area contributed by atoms with E-state index in [0.717, 1.165) is 35.7 Å². The standard InChI is InChI=1S/C24H30N4O2S/c1-4-9-18(3)25-23(29)17-31-24-27-26-22(16-19-10-7-6-8-11-19)28(24)20-12-14-21(15-13-20)30-5-2/h6-8,10-15,18H,4-5,9,16-17H2,1-3H3,(H,25,29). The van der Waals surface area contributed by atoms with Gasteiger partial charge in [0.15, 0.2) is 5.16 Å². The van der Waals surface area contributed by atoms with E-state index < -0.39 is 0 Å². The van der Waals surface area contributed by atoms with Crippen LogP contribution in [-0.4, -0.2) is 39.1 Å². The van der Waals surface area contributed by atoms with E-state index >= 15 is 0 Å². The molecule has 6 nitrogen and oxygen atoms in total. The number of ether oxygens (including phenoxy) is 1. The van der Waals surface area contributed by atoms with E-state index in [2.05, 4.69) is 34.6 Å². The summed E-state index contributed by atoms with van der Waals surface area (Å²) < 4.78 is 7.60. The predicted octanol–water partition coefficient (Wildman–Crippen LogP) is 4.65. The molecule has 164 valence electrons. The first kappa shape index (κ1) is 22.9. The molecule has 0 fully saturated rings. The molecule has 0 aliphatic carbocycles. The zero-order valence-electron chi connectivity index (χ0n) is 18.4. The normalized spacial score (nSPS) is 11.8. The van der Waals surface area contributed by atoms with Crippen molar-refractivity contribution in [2.75, 3.05) is 12.4 Å². The van der Waals surface area contributed by atoms with Gasteiger partial charge in [0.1, 0.15) is 11.6 Å². The van der Waals surface area contributed by atoms with Crippen molar-refractivity contribution in [3.05, 3.63) is 66.0 Å². The second-order valence-electron chi connectivity index (χ2n) is 7.37. The summed E-state index contributed by atoms with van der Waals surface area (Å²) >= 11 is 1.40. The number of carbonyl (C=O) groups is 1. The van der Waals surface area contributed by atoms with Crippen LogP contribution in [-0.2, 0) is 11.2 Å². The lowest BCUT2D eigenvalue weighted by atomic mass is 10.1. The van der Waals surface area contributed by atoms with E-state index in [1.807, 2.05) is 60.9 Å². The van der Waals surface area contributed by atoms with E-state index in [9.17, 15) is 4.79 Å². The minimum Gasteiger partial charge on any atom is -0.494 e. The van der Waals surface area contributed by atoms with E-state index in [-0.39, 0.29) is 11.9 Å². The molecule has 3 aromatic rings. The van der Waals surface area contributed by atoms with Crippen LogP contribution in [0.1, 0.15) is 45.0 Å². The number of amides is 1. The van der Waals surface area contributed by atoms with Gasteiger partial charge in [-0.15, -0.1) is 10.2 Å². The number of carbonyl (C=O) groups excluding carboxylic acids is 1. The summed E-state index contributed by atoms with van der Waals surface area (Å²) in [5.74, 6) is 1.96. The minimum absolute atomic E-state index is 0.0109. The van der Waals surface area contributed by atoms with Crippen molar-refractivity contribution in [2.24, 2.45) is 0 Å². The Labute approximate surface area is 188 Å². The fourth-order valence-corrected chi connectivity index (χ4v) is 4.14. The molecular weight excluding hydrogens is 408 g/mol. The number of aromatic nitrogens is 3. The molecule has 1 N–H and O–H groups in total. The molecule has 0 radical (unpaired) electrons. The molecule has 1 amide bonds. The number of hydrogen-bond acceptors (Lipinski definition) is 5. The number of thioether (sulfide) groups is 1.